The molecule has 0 saturated carbocycles. The number of benzene rings is 1. The predicted octanol–water partition coefficient (Wildman–Crippen LogP) is 0.150. The van der Waals surface area contributed by atoms with Crippen molar-refractivity contribution in [1.29, 1.82) is 0 Å². The third-order valence-electron chi connectivity index (χ3n) is 5.46. The van der Waals surface area contributed by atoms with E-state index in [0.29, 0.717) is 18.7 Å². The molecule has 156 valence electrons. The topological polar surface area (TPSA) is 109 Å². The Morgan fingerprint density at radius 3 is 2.52 bits per heavy atom. The van der Waals surface area contributed by atoms with Gasteiger partial charge in [-0.05, 0) is 24.1 Å². The Labute approximate surface area is 170 Å². The summed E-state index contributed by atoms with van der Waals surface area (Å²) in [5.74, 6) is -0.397. The minimum atomic E-state index is -3.87. The maximum Gasteiger partial charge on any atom is 0.267 e. The third-order valence-corrected chi connectivity index (χ3v) is 9.40. The highest BCUT2D eigenvalue weighted by Crippen LogP contribution is 2.34. The second-order valence-electron chi connectivity index (χ2n) is 7.19. The van der Waals surface area contributed by atoms with Gasteiger partial charge in [-0.15, -0.1) is 0 Å². The molecule has 1 N–H and O–H groups in total. The van der Waals surface area contributed by atoms with Crippen LogP contribution >= 0.6 is 0 Å². The molecule has 0 spiro atoms. The summed E-state index contributed by atoms with van der Waals surface area (Å²) in [5, 5.41) is 1.67. The summed E-state index contributed by atoms with van der Waals surface area (Å²) in [5.41, 5.74) is 1.86. The molecular formula is C18H22N4O5S2. The first-order valence-electron chi connectivity index (χ1n) is 9.14. The van der Waals surface area contributed by atoms with Crippen LogP contribution in [-0.2, 0) is 33.5 Å². The second-order valence-corrected chi connectivity index (χ2v) is 11.3. The molecule has 0 unspecified atom stereocenters. The molecule has 1 amide bonds. The fourth-order valence-electron chi connectivity index (χ4n) is 3.72. The number of anilines is 1. The van der Waals surface area contributed by atoms with Gasteiger partial charge in [0, 0.05) is 39.9 Å². The molecule has 29 heavy (non-hydrogen) atoms. The lowest BCUT2D eigenvalue weighted by Gasteiger charge is -2.39. The van der Waals surface area contributed by atoms with Crippen LogP contribution < -0.4 is 9.62 Å². The van der Waals surface area contributed by atoms with Crippen LogP contribution in [0.4, 0.5) is 5.69 Å². The Kier molecular flexibility index (Phi) is 4.71. The number of hydrogen-bond donors (Lipinski definition) is 1. The van der Waals surface area contributed by atoms with Gasteiger partial charge in [-0.25, -0.2) is 16.8 Å². The molecule has 2 aliphatic rings. The lowest BCUT2D eigenvalue weighted by atomic mass is 10.2. The smallest absolute Gasteiger partial charge is 0.267 e. The monoisotopic (exact) mass is 438 g/mol. The molecule has 3 heterocycles. The Hall–Kier alpha value is -2.37. The SMILES string of the molecule is CNC(=O)c1cc(S(=O)(=O)N2CC(S(=O)(=O)N3CCc4ccccc43)C2)cn1C. The minimum Gasteiger partial charge on any atom is -0.354 e. The molecule has 0 radical (unpaired) electrons. The highest BCUT2D eigenvalue weighted by atomic mass is 32.2. The normalized spacial score (nSPS) is 17.8. The molecule has 9 nitrogen and oxygen atoms in total. The van der Waals surface area contributed by atoms with Gasteiger partial charge in [-0.2, -0.15) is 4.31 Å². The van der Waals surface area contributed by atoms with Crippen LogP contribution in [0, 0.1) is 0 Å². The number of amides is 1. The standard InChI is InChI=1S/C18H22N4O5S2/c1-19-18(23)17-9-14(10-20(17)2)28(24,25)21-11-15(12-21)29(26,27)22-8-7-13-5-3-4-6-16(13)22/h3-6,9-10,15H,7-8,11-12H2,1-2H3,(H,19,23). The maximum absolute atomic E-state index is 13.0. The van der Waals surface area contributed by atoms with Crippen molar-refractivity contribution in [2.24, 2.45) is 7.05 Å². The summed E-state index contributed by atoms with van der Waals surface area (Å²) in [6, 6.07) is 8.65. The first kappa shape index (κ1) is 19.9. The Morgan fingerprint density at radius 1 is 1.14 bits per heavy atom. The van der Waals surface area contributed by atoms with Crippen molar-refractivity contribution in [3.63, 3.8) is 0 Å². The second kappa shape index (κ2) is 6.85. The van der Waals surface area contributed by atoms with Crippen LogP contribution in [0.25, 0.3) is 0 Å². The summed E-state index contributed by atoms with van der Waals surface area (Å²) in [6.45, 7) is 0.167. The van der Waals surface area contributed by atoms with Crippen molar-refractivity contribution in [2.75, 3.05) is 31.0 Å². The van der Waals surface area contributed by atoms with Gasteiger partial charge in [0.2, 0.25) is 20.0 Å². The first-order valence-corrected chi connectivity index (χ1v) is 12.1. The summed E-state index contributed by atoms with van der Waals surface area (Å²) < 4.78 is 55.7. The average Bonchev–Trinajstić information content (AvgIpc) is 3.23. The molecule has 4 rings (SSSR count). The molecule has 2 aromatic rings. The van der Waals surface area contributed by atoms with Crippen LogP contribution in [0.15, 0.2) is 41.4 Å². The van der Waals surface area contributed by atoms with E-state index in [9.17, 15) is 21.6 Å². The van der Waals surface area contributed by atoms with Crippen molar-refractivity contribution in [3.05, 3.63) is 47.8 Å². The summed E-state index contributed by atoms with van der Waals surface area (Å²) in [4.78, 5) is 11.8. The number of hydrogen-bond acceptors (Lipinski definition) is 5. The Morgan fingerprint density at radius 2 is 1.83 bits per heavy atom. The van der Waals surface area contributed by atoms with E-state index in [2.05, 4.69) is 5.32 Å². The van der Waals surface area contributed by atoms with E-state index in [1.165, 1.54) is 28.2 Å². The number of carbonyl (C=O) groups excluding carboxylic acids is 1. The number of aromatic nitrogens is 1. The number of rotatable bonds is 5. The zero-order valence-corrected chi connectivity index (χ0v) is 17.7. The van der Waals surface area contributed by atoms with Gasteiger partial charge in [0.05, 0.1) is 5.69 Å². The number of aryl methyl sites for hydroxylation is 1. The van der Waals surface area contributed by atoms with Crippen molar-refractivity contribution < 1.29 is 21.6 Å². The molecular weight excluding hydrogens is 416 g/mol. The lowest BCUT2D eigenvalue weighted by molar-refractivity contribution is 0.0955. The number of carbonyl (C=O) groups is 1. The van der Waals surface area contributed by atoms with Gasteiger partial charge >= 0.3 is 0 Å². The van der Waals surface area contributed by atoms with Crippen LogP contribution in [0.1, 0.15) is 16.1 Å². The van der Waals surface area contributed by atoms with Crippen molar-refractivity contribution in [3.8, 4) is 0 Å². The fourth-order valence-corrected chi connectivity index (χ4v) is 7.40. The number of nitrogens with zero attached hydrogens (tertiary/aromatic N) is 3. The Bertz CT molecular complexity index is 1180. The molecule has 0 bridgehead atoms. The van der Waals surface area contributed by atoms with Gasteiger partial charge in [-0.1, -0.05) is 18.2 Å². The maximum atomic E-state index is 13.0. The number of para-hydroxylation sites is 1. The quantitative estimate of drug-likeness (QED) is 0.715. The number of sulfonamides is 2. The fraction of sp³-hybridized carbons (Fsp3) is 0.389. The van der Waals surface area contributed by atoms with E-state index in [1.54, 1.807) is 19.2 Å². The number of fused-ring (bicyclic) bond motifs is 1. The molecule has 0 aliphatic carbocycles. The van der Waals surface area contributed by atoms with Gasteiger partial charge in [-0.3, -0.25) is 9.10 Å². The summed E-state index contributed by atoms with van der Waals surface area (Å²) in [7, 11) is -4.48. The summed E-state index contributed by atoms with van der Waals surface area (Å²) in [6.07, 6.45) is 2.01. The highest BCUT2D eigenvalue weighted by molar-refractivity contribution is 7.94. The van der Waals surface area contributed by atoms with Gasteiger partial charge in [0.25, 0.3) is 5.91 Å². The molecule has 1 saturated heterocycles. The van der Waals surface area contributed by atoms with Crippen molar-refractivity contribution >= 4 is 31.6 Å². The lowest BCUT2D eigenvalue weighted by Crippen LogP contribution is -2.59. The van der Waals surface area contributed by atoms with Crippen LogP contribution in [0.5, 0.6) is 0 Å². The van der Waals surface area contributed by atoms with E-state index >= 15 is 0 Å². The van der Waals surface area contributed by atoms with Gasteiger partial charge in [0.1, 0.15) is 15.8 Å². The van der Waals surface area contributed by atoms with Crippen LogP contribution in [0.2, 0.25) is 0 Å². The van der Waals surface area contributed by atoms with Crippen molar-refractivity contribution in [1.82, 2.24) is 14.2 Å². The average molecular weight is 439 g/mol. The molecule has 0 atom stereocenters. The zero-order chi connectivity index (χ0) is 21.0. The highest BCUT2D eigenvalue weighted by Gasteiger charge is 2.47. The van der Waals surface area contributed by atoms with Gasteiger partial charge < -0.3 is 9.88 Å². The zero-order valence-electron chi connectivity index (χ0n) is 16.1. The predicted molar refractivity (Wildman–Crippen MR) is 108 cm³/mol. The summed E-state index contributed by atoms with van der Waals surface area (Å²) >= 11 is 0. The van der Waals surface area contributed by atoms with E-state index in [0.717, 1.165) is 9.87 Å². The molecule has 1 fully saturated rings. The molecule has 2 aliphatic heterocycles. The van der Waals surface area contributed by atoms with E-state index in [4.69, 9.17) is 0 Å². The largest absolute Gasteiger partial charge is 0.354 e. The third kappa shape index (κ3) is 3.13. The molecule has 1 aromatic heterocycles. The Balaban J connectivity index is 1.52. The van der Waals surface area contributed by atoms with E-state index in [-0.39, 0.29) is 23.7 Å². The number of nitrogens with one attached hydrogen (secondary N) is 1. The minimum absolute atomic E-state index is 0.0269. The van der Waals surface area contributed by atoms with E-state index < -0.39 is 31.2 Å². The molecule has 11 heteroatoms. The van der Waals surface area contributed by atoms with E-state index in [1.807, 2.05) is 12.1 Å². The van der Waals surface area contributed by atoms with Crippen LogP contribution in [0.3, 0.4) is 0 Å². The molecule has 1 aromatic carbocycles. The van der Waals surface area contributed by atoms with Crippen molar-refractivity contribution in [2.45, 2.75) is 16.6 Å². The van der Waals surface area contributed by atoms with Gasteiger partial charge in [0.15, 0.2) is 0 Å². The van der Waals surface area contributed by atoms with Crippen LogP contribution in [-0.4, -0.2) is 63.5 Å². The first-order chi connectivity index (χ1) is 13.7.